The number of methoxy groups -OCH3 is 1. The number of ether oxygens (including phenoxy) is 1. The van der Waals surface area contributed by atoms with Crippen LogP contribution in [0.2, 0.25) is 5.02 Å². The van der Waals surface area contributed by atoms with Crippen molar-refractivity contribution >= 4 is 11.6 Å². The maximum absolute atomic E-state index is 6.21. The summed E-state index contributed by atoms with van der Waals surface area (Å²) >= 11 is 6.21. The van der Waals surface area contributed by atoms with E-state index in [9.17, 15) is 0 Å². The SMILES string of the molecule is COCc1ccccc1CNC(C)Cc1ccccc1Cl. The fraction of sp³-hybridized carbons (Fsp3) is 0.333. The molecule has 2 nitrogen and oxygen atoms in total. The zero-order valence-corrected chi connectivity index (χ0v) is 13.4. The lowest BCUT2D eigenvalue weighted by Crippen LogP contribution is -2.28. The maximum Gasteiger partial charge on any atom is 0.0716 e. The van der Waals surface area contributed by atoms with E-state index in [1.807, 2.05) is 24.3 Å². The van der Waals surface area contributed by atoms with E-state index in [0.29, 0.717) is 12.6 Å². The van der Waals surface area contributed by atoms with Gasteiger partial charge < -0.3 is 10.1 Å². The number of nitrogens with one attached hydrogen (secondary N) is 1. The largest absolute Gasteiger partial charge is 0.380 e. The summed E-state index contributed by atoms with van der Waals surface area (Å²) < 4.78 is 5.24. The highest BCUT2D eigenvalue weighted by Crippen LogP contribution is 2.17. The Morgan fingerprint density at radius 2 is 1.62 bits per heavy atom. The van der Waals surface area contributed by atoms with Crippen LogP contribution in [-0.2, 0) is 24.3 Å². The molecule has 0 aliphatic rings. The number of hydrogen-bond acceptors (Lipinski definition) is 2. The van der Waals surface area contributed by atoms with E-state index in [2.05, 4.69) is 36.5 Å². The molecule has 0 spiro atoms. The molecular formula is C18H22ClNO. The summed E-state index contributed by atoms with van der Waals surface area (Å²) in [7, 11) is 1.73. The number of hydrogen-bond donors (Lipinski definition) is 1. The van der Waals surface area contributed by atoms with E-state index >= 15 is 0 Å². The first-order valence-electron chi connectivity index (χ1n) is 7.23. The average Bonchev–Trinajstić information content (AvgIpc) is 2.49. The third-order valence-corrected chi connectivity index (χ3v) is 3.91. The van der Waals surface area contributed by atoms with Gasteiger partial charge in [0.1, 0.15) is 0 Å². The first-order valence-corrected chi connectivity index (χ1v) is 7.61. The quantitative estimate of drug-likeness (QED) is 0.827. The number of halogens is 1. The van der Waals surface area contributed by atoms with Crippen LogP contribution in [-0.4, -0.2) is 13.2 Å². The van der Waals surface area contributed by atoms with Gasteiger partial charge >= 0.3 is 0 Å². The molecule has 0 saturated carbocycles. The fourth-order valence-corrected chi connectivity index (χ4v) is 2.59. The molecule has 0 aliphatic heterocycles. The van der Waals surface area contributed by atoms with Crippen molar-refractivity contribution < 1.29 is 4.74 Å². The van der Waals surface area contributed by atoms with Crippen LogP contribution in [0.4, 0.5) is 0 Å². The summed E-state index contributed by atoms with van der Waals surface area (Å²) in [5.41, 5.74) is 3.70. The Balaban J connectivity index is 1.92. The minimum Gasteiger partial charge on any atom is -0.380 e. The summed E-state index contributed by atoms with van der Waals surface area (Å²) in [6.45, 7) is 3.67. The Hall–Kier alpha value is -1.35. The number of rotatable bonds is 7. The maximum atomic E-state index is 6.21. The normalized spacial score (nSPS) is 12.3. The summed E-state index contributed by atoms with van der Waals surface area (Å²) in [4.78, 5) is 0. The molecule has 112 valence electrons. The molecule has 0 amide bonds. The van der Waals surface area contributed by atoms with Gasteiger partial charge in [-0.2, -0.15) is 0 Å². The third kappa shape index (κ3) is 4.85. The van der Waals surface area contributed by atoms with Gasteiger partial charge in [0, 0.05) is 24.7 Å². The smallest absolute Gasteiger partial charge is 0.0716 e. The molecule has 0 heterocycles. The first-order chi connectivity index (χ1) is 10.2. The molecule has 1 atom stereocenters. The van der Waals surface area contributed by atoms with Crippen molar-refractivity contribution in [2.45, 2.75) is 32.5 Å². The van der Waals surface area contributed by atoms with Gasteiger partial charge in [0.15, 0.2) is 0 Å². The van der Waals surface area contributed by atoms with Gasteiger partial charge in [-0.05, 0) is 36.1 Å². The minimum absolute atomic E-state index is 0.362. The van der Waals surface area contributed by atoms with Crippen molar-refractivity contribution in [3.63, 3.8) is 0 Å². The Labute approximate surface area is 132 Å². The molecule has 0 saturated heterocycles. The summed E-state index contributed by atoms with van der Waals surface area (Å²) in [6.07, 6.45) is 0.923. The Morgan fingerprint density at radius 1 is 1.00 bits per heavy atom. The van der Waals surface area contributed by atoms with E-state index in [1.165, 1.54) is 16.7 Å². The molecule has 2 rings (SSSR count). The van der Waals surface area contributed by atoms with Gasteiger partial charge in [0.05, 0.1) is 6.61 Å². The molecule has 0 fully saturated rings. The van der Waals surface area contributed by atoms with Crippen molar-refractivity contribution in [1.29, 1.82) is 0 Å². The molecular weight excluding hydrogens is 282 g/mol. The highest BCUT2D eigenvalue weighted by atomic mass is 35.5. The van der Waals surface area contributed by atoms with Gasteiger partial charge in [-0.3, -0.25) is 0 Å². The molecule has 1 N–H and O–H groups in total. The van der Waals surface area contributed by atoms with Crippen molar-refractivity contribution in [2.75, 3.05) is 7.11 Å². The van der Waals surface area contributed by atoms with Crippen molar-refractivity contribution in [3.8, 4) is 0 Å². The average molecular weight is 304 g/mol. The fourth-order valence-electron chi connectivity index (χ4n) is 2.38. The second kappa shape index (κ2) is 8.18. The summed E-state index contributed by atoms with van der Waals surface area (Å²) in [5.74, 6) is 0. The molecule has 3 heteroatoms. The van der Waals surface area contributed by atoms with Gasteiger partial charge in [-0.25, -0.2) is 0 Å². The highest BCUT2D eigenvalue weighted by molar-refractivity contribution is 6.31. The predicted octanol–water partition coefficient (Wildman–Crippen LogP) is 4.21. The lowest BCUT2D eigenvalue weighted by atomic mass is 10.1. The molecule has 21 heavy (non-hydrogen) atoms. The van der Waals surface area contributed by atoms with Crippen LogP contribution in [0.1, 0.15) is 23.6 Å². The Kier molecular flexibility index (Phi) is 6.24. The zero-order chi connectivity index (χ0) is 15.1. The summed E-state index contributed by atoms with van der Waals surface area (Å²) in [6, 6.07) is 16.7. The molecule has 0 aliphatic carbocycles. The molecule has 0 bridgehead atoms. The van der Waals surface area contributed by atoms with Gasteiger partial charge in [0.25, 0.3) is 0 Å². The lowest BCUT2D eigenvalue weighted by Gasteiger charge is -2.16. The standard InChI is InChI=1S/C18H22ClNO/c1-14(11-15-7-5-6-10-18(15)19)20-12-16-8-3-4-9-17(16)13-21-2/h3-10,14,20H,11-13H2,1-2H3. The van der Waals surface area contributed by atoms with Crippen LogP contribution in [0.5, 0.6) is 0 Å². The minimum atomic E-state index is 0.362. The molecule has 0 radical (unpaired) electrons. The first kappa shape index (κ1) is 16.0. The van der Waals surface area contributed by atoms with E-state index in [0.717, 1.165) is 18.0 Å². The zero-order valence-electron chi connectivity index (χ0n) is 12.6. The monoisotopic (exact) mass is 303 g/mol. The van der Waals surface area contributed by atoms with Crippen LogP contribution in [0.15, 0.2) is 48.5 Å². The molecule has 2 aromatic rings. The molecule has 1 unspecified atom stereocenters. The second-order valence-electron chi connectivity index (χ2n) is 5.28. The number of benzene rings is 2. The third-order valence-electron chi connectivity index (χ3n) is 3.54. The van der Waals surface area contributed by atoms with Gasteiger partial charge in [-0.15, -0.1) is 0 Å². The van der Waals surface area contributed by atoms with Crippen molar-refractivity contribution in [3.05, 3.63) is 70.2 Å². The summed E-state index contributed by atoms with van der Waals surface area (Å²) in [5, 5.41) is 4.40. The van der Waals surface area contributed by atoms with E-state index in [1.54, 1.807) is 7.11 Å². The van der Waals surface area contributed by atoms with Crippen molar-refractivity contribution in [1.82, 2.24) is 5.32 Å². The Bertz CT molecular complexity index is 571. The van der Waals surface area contributed by atoms with Crippen LogP contribution >= 0.6 is 11.6 Å². The van der Waals surface area contributed by atoms with E-state index in [4.69, 9.17) is 16.3 Å². The van der Waals surface area contributed by atoms with Crippen LogP contribution in [0, 0.1) is 0 Å². The lowest BCUT2D eigenvalue weighted by molar-refractivity contribution is 0.184. The van der Waals surface area contributed by atoms with Gasteiger partial charge in [-0.1, -0.05) is 54.1 Å². The van der Waals surface area contributed by atoms with Crippen LogP contribution < -0.4 is 5.32 Å². The van der Waals surface area contributed by atoms with Crippen LogP contribution in [0.25, 0.3) is 0 Å². The molecule has 2 aromatic carbocycles. The highest BCUT2D eigenvalue weighted by Gasteiger charge is 2.07. The van der Waals surface area contributed by atoms with Crippen molar-refractivity contribution in [2.24, 2.45) is 0 Å². The van der Waals surface area contributed by atoms with E-state index < -0.39 is 0 Å². The Morgan fingerprint density at radius 3 is 2.29 bits per heavy atom. The van der Waals surface area contributed by atoms with Crippen LogP contribution in [0.3, 0.4) is 0 Å². The van der Waals surface area contributed by atoms with Gasteiger partial charge in [0.2, 0.25) is 0 Å². The molecule has 0 aromatic heterocycles. The van der Waals surface area contributed by atoms with E-state index in [-0.39, 0.29) is 0 Å². The second-order valence-corrected chi connectivity index (χ2v) is 5.69. The predicted molar refractivity (Wildman–Crippen MR) is 88.6 cm³/mol. The topological polar surface area (TPSA) is 21.3 Å².